The predicted octanol–water partition coefficient (Wildman–Crippen LogP) is 3.72. The molecule has 7 nitrogen and oxygen atoms in total. The molecule has 1 fully saturated rings. The molecule has 0 atom stereocenters. The Kier molecular flexibility index (Phi) is 6.13. The van der Waals surface area contributed by atoms with Crippen LogP contribution in [-0.2, 0) is 17.5 Å². The van der Waals surface area contributed by atoms with Gasteiger partial charge in [-0.05, 0) is 18.2 Å². The van der Waals surface area contributed by atoms with Crippen LogP contribution in [0, 0.1) is 0 Å². The predicted molar refractivity (Wildman–Crippen MR) is 116 cm³/mol. The van der Waals surface area contributed by atoms with Crippen LogP contribution < -0.4 is 15.8 Å². The van der Waals surface area contributed by atoms with E-state index in [0.29, 0.717) is 15.5 Å². The zero-order valence-corrected chi connectivity index (χ0v) is 18.2. The Labute approximate surface area is 187 Å². The molecule has 1 saturated heterocycles. The Morgan fingerprint density at radius 3 is 2.71 bits per heavy atom. The third-order valence-electron chi connectivity index (χ3n) is 4.54. The van der Waals surface area contributed by atoms with Gasteiger partial charge in [-0.3, -0.25) is 14.2 Å². The van der Waals surface area contributed by atoms with Crippen LogP contribution in [0.5, 0.6) is 0 Å². The average Bonchev–Trinajstić information content (AvgIpc) is 3.17. The minimum absolute atomic E-state index is 0.0472. The summed E-state index contributed by atoms with van der Waals surface area (Å²) in [6, 6.07) is 2.62. The lowest BCUT2D eigenvalue weighted by atomic mass is 10.2. The summed E-state index contributed by atoms with van der Waals surface area (Å²) < 4.78 is 40.1. The van der Waals surface area contributed by atoms with Crippen molar-refractivity contribution >= 4 is 61.8 Å². The molecule has 3 heterocycles. The van der Waals surface area contributed by atoms with E-state index in [1.54, 1.807) is 0 Å². The minimum atomic E-state index is -4.58. The molecule has 0 bridgehead atoms. The fraction of sp³-hybridized carbons (Fsp3) is 0.333. The molecule has 0 aliphatic carbocycles. The highest BCUT2D eigenvalue weighted by molar-refractivity contribution is 7.99. The lowest BCUT2D eigenvalue weighted by Gasteiger charge is -2.25. The Bertz CT molecular complexity index is 1190. The van der Waals surface area contributed by atoms with E-state index >= 15 is 0 Å². The third kappa shape index (κ3) is 4.80. The molecule has 31 heavy (non-hydrogen) atoms. The lowest BCUT2D eigenvalue weighted by molar-refractivity contribution is -0.137. The van der Waals surface area contributed by atoms with Gasteiger partial charge >= 0.3 is 6.18 Å². The zero-order chi connectivity index (χ0) is 22.2. The quantitative estimate of drug-likeness (QED) is 0.601. The van der Waals surface area contributed by atoms with E-state index in [4.69, 9.17) is 11.6 Å². The summed E-state index contributed by atoms with van der Waals surface area (Å²) in [5.41, 5.74) is -1.27. The summed E-state index contributed by atoms with van der Waals surface area (Å²) in [7, 11) is 0. The Hall–Kier alpha value is -2.31. The van der Waals surface area contributed by atoms with Gasteiger partial charge in [-0.1, -0.05) is 22.9 Å². The van der Waals surface area contributed by atoms with Crippen LogP contribution in [0.25, 0.3) is 10.3 Å². The number of hydrogen-bond donors (Lipinski definition) is 1. The monoisotopic (exact) mass is 489 g/mol. The smallest absolute Gasteiger partial charge is 0.346 e. The first-order valence-corrected chi connectivity index (χ1v) is 11.4. The first kappa shape index (κ1) is 21.9. The third-order valence-corrected chi connectivity index (χ3v) is 6.90. The van der Waals surface area contributed by atoms with Crippen molar-refractivity contribution in [3.05, 3.63) is 45.5 Å². The maximum Gasteiger partial charge on any atom is 0.416 e. The second kappa shape index (κ2) is 8.67. The first-order valence-electron chi connectivity index (χ1n) is 9.07. The summed E-state index contributed by atoms with van der Waals surface area (Å²) in [5, 5.41) is 2.98. The highest BCUT2D eigenvalue weighted by atomic mass is 35.5. The van der Waals surface area contributed by atoms with E-state index in [2.05, 4.69) is 20.2 Å². The average molecular weight is 490 g/mol. The van der Waals surface area contributed by atoms with E-state index in [9.17, 15) is 22.8 Å². The van der Waals surface area contributed by atoms with Crippen LogP contribution in [0.3, 0.4) is 0 Å². The maximum absolute atomic E-state index is 12.9. The number of aromatic nitrogens is 3. The van der Waals surface area contributed by atoms with Gasteiger partial charge in [-0.15, -0.1) is 0 Å². The molecule has 164 valence electrons. The summed E-state index contributed by atoms with van der Waals surface area (Å²) in [4.78, 5) is 35.8. The number of amides is 1. The second-order valence-electron chi connectivity index (χ2n) is 6.67. The van der Waals surface area contributed by atoms with Crippen molar-refractivity contribution < 1.29 is 18.0 Å². The SMILES string of the molecule is O=C(Cn1cnc2nc(N3CCSCC3)sc2c1=O)Nc1cc(C(F)(F)F)ccc1Cl. The molecule has 3 aromatic rings. The molecule has 2 aromatic heterocycles. The molecule has 0 radical (unpaired) electrons. The van der Waals surface area contributed by atoms with Crippen molar-refractivity contribution in [3.8, 4) is 0 Å². The second-order valence-corrected chi connectivity index (χ2v) is 9.28. The minimum Gasteiger partial charge on any atom is -0.346 e. The number of thioether (sulfide) groups is 1. The first-order chi connectivity index (χ1) is 14.7. The van der Waals surface area contributed by atoms with E-state index < -0.39 is 29.8 Å². The number of fused-ring (bicyclic) bond motifs is 1. The van der Waals surface area contributed by atoms with E-state index in [0.717, 1.165) is 47.4 Å². The molecule has 13 heteroatoms. The molecule has 1 N–H and O–H groups in total. The normalized spacial score (nSPS) is 14.8. The van der Waals surface area contributed by atoms with Crippen LogP contribution in [0.1, 0.15) is 5.56 Å². The molecule has 1 aliphatic heterocycles. The van der Waals surface area contributed by atoms with Gasteiger partial charge in [-0.2, -0.15) is 29.9 Å². The molecule has 0 unspecified atom stereocenters. The Balaban J connectivity index is 1.54. The molecular weight excluding hydrogens is 475 g/mol. The molecular formula is C18H15ClF3N5O2S2. The van der Waals surface area contributed by atoms with Crippen molar-refractivity contribution in [2.24, 2.45) is 0 Å². The number of thiazole rings is 1. The molecule has 1 aromatic carbocycles. The number of rotatable bonds is 4. The van der Waals surface area contributed by atoms with E-state index in [-0.39, 0.29) is 10.7 Å². The highest BCUT2D eigenvalue weighted by Crippen LogP contribution is 2.34. The van der Waals surface area contributed by atoms with Crippen LogP contribution in [0.4, 0.5) is 24.0 Å². The number of nitrogens with zero attached hydrogens (tertiary/aromatic N) is 4. The zero-order valence-electron chi connectivity index (χ0n) is 15.8. The number of halogens is 4. The summed E-state index contributed by atoms with van der Waals surface area (Å²) in [6.45, 7) is 1.24. The van der Waals surface area contributed by atoms with Crippen molar-refractivity contribution in [3.63, 3.8) is 0 Å². The fourth-order valence-electron chi connectivity index (χ4n) is 2.98. The topological polar surface area (TPSA) is 80.1 Å². The van der Waals surface area contributed by atoms with Crippen LogP contribution in [0.2, 0.25) is 5.02 Å². The van der Waals surface area contributed by atoms with Gasteiger partial charge in [-0.25, -0.2) is 4.98 Å². The lowest BCUT2D eigenvalue weighted by Crippen LogP contribution is -2.32. The van der Waals surface area contributed by atoms with Crippen molar-refractivity contribution in [2.75, 3.05) is 34.8 Å². The van der Waals surface area contributed by atoms with Gasteiger partial charge in [0.2, 0.25) is 5.91 Å². The van der Waals surface area contributed by atoms with E-state index in [1.807, 2.05) is 11.8 Å². The van der Waals surface area contributed by atoms with Crippen molar-refractivity contribution in [1.82, 2.24) is 14.5 Å². The molecule has 4 rings (SSSR count). The Morgan fingerprint density at radius 1 is 1.26 bits per heavy atom. The van der Waals surface area contributed by atoms with Gasteiger partial charge in [0.05, 0.1) is 16.3 Å². The number of carbonyl (C=O) groups is 1. The number of benzene rings is 1. The maximum atomic E-state index is 12.9. The fourth-order valence-corrected chi connectivity index (χ4v) is 5.07. The number of nitrogens with one attached hydrogen (secondary N) is 1. The number of carbonyl (C=O) groups excluding carboxylic acids is 1. The molecule has 0 saturated carbocycles. The number of alkyl halides is 3. The molecule has 1 amide bonds. The van der Waals surface area contributed by atoms with Gasteiger partial charge in [0.1, 0.15) is 17.6 Å². The summed E-state index contributed by atoms with van der Waals surface area (Å²) in [5.74, 6) is 1.25. The molecule has 0 spiro atoms. The summed E-state index contributed by atoms with van der Waals surface area (Å²) >= 11 is 8.97. The van der Waals surface area contributed by atoms with Crippen LogP contribution in [0.15, 0.2) is 29.3 Å². The number of hydrogen-bond acceptors (Lipinski definition) is 7. The summed E-state index contributed by atoms with van der Waals surface area (Å²) in [6.07, 6.45) is -3.37. The Morgan fingerprint density at radius 2 is 2.00 bits per heavy atom. The largest absolute Gasteiger partial charge is 0.416 e. The molecule has 1 aliphatic rings. The number of anilines is 2. The van der Waals surface area contributed by atoms with Gasteiger partial charge < -0.3 is 10.2 Å². The van der Waals surface area contributed by atoms with Crippen LogP contribution in [-0.4, -0.2) is 45.0 Å². The highest BCUT2D eigenvalue weighted by Gasteiger charge is 2.31. The standard InChI is InChI=1S/C18H15ClF3N5O2S2/c19-11-2-1-10(18(20,21)22)7-12(11)24-13(28)8-27-9-23-15-14(16(27)29)31-17(25-15)26-3-5-30-6-4-26/h1-2,7,9H,3-6,8H2,(H,24,28). The van der Waals surface area contributed by atoms with E-state index in [1.165, 1.54) is 17.7 Å². The van der Waals surface area contributed by atoms with Crippen LogP contribution >= 0.6 is 34.7 Å². The van der Waals surface area contributed by atoms with Gasteiger partial charge in [0.25, 0.3) is 5.56 Å². The van der Waals surface area contributed by atoms with Gasteiger partial charge in [0.15, 0.2) is 10.8 Å². The van der Waals surface area contributed by atoms with Gasteiger partial charge in [0, 0.05) is 24.6 Å². The van der Waals surface area contributed by atoms with Crippen molar-refractivity contribution in [2.45, 2.75) is 12.7 Å². The van der Waals surface area contributed by atoms with Crippen molar-refractivity contribution in [1.29, 1.82) is 0 Å².